The number of anilines is 2. The van der Waals surface area contributed by atoms with E-state index >= 15 is 0 Å². The molecule has 28 heavy (non-hydrogen) atoms. The van der Waals surface area contributed by atoms with Gasteiger partial charge in [-0.3, -0.25) is 9.80 Å². The van der Waals surface area contributed by atoms with Crippen LogP contribution in [0.25, 0.3) is 0 Å². The summed E-state index contributed by atoms with van der Waals surface area (Å²) in [5, 5.41) is 0.361. The summed E-state index contributed by atoms with van der Waals surface area (Å²) >= 11 is 6.00. The van der Waals surface area contributed by atoms with Crippen molar-refractivity contribution in [2.75, 3.05) is 21.3 Å². The number of hydrogen-bond acceptors (Lipinski definition) is 3. The normalized spacial score (nSPS) is 23.9. The maximum absolute atomic E-state index is 13.1. The zero-order valence-electron chi connectivity index (χ0n) is 14.2. The number of amides is 2. The third-order valence-corrected chi connectivity index (χ3v) is 6.84. The lowest BCUT2D eigenvalue weighted by Crippen LogP contribution is -2.38. The van der Waals surface area contributed by atoms with Crippen LogP contribution in [-0.4, -0.2) is 38.0 Å². The molecule has 4 rings (SSSR count). The molecule has 0 bridgehead atoms. The van der Waals surface area contributed by atoms with E-state index in [9.17, 15) is 26.4 Å². The first-order chi connectivity index (χ1) is 13.1. The second kappa shape index (κ2) is 6.38. The van der Waals surface area contributed by atoms with Crippen molar-refractivity contribution < 1.29 is 26.4 Å². The van der Waals surface area contributed by atoms with Crippen molar-refractivity contribution in [1.29, 1.82) is 0 Å². The Balaban J connectivity index is 1.81. The Morgan fingerprint density at radius 1 is 0.929 bits per heavy atom. The summed E-state index contributed by atoms with van der Waals surface area (Å²) in [7, 11) is -3.45. The fraction of sp³-hybridized carbons (Fsp3) is 0.278. The highest BCUT2D eigenvalue weighted by Crippen LogP contribution is 2.40. The number of urea groups is 1. The van der Waals surface area contributed by atoms with E-state index in [1.807, 2.05) is 0 Å². The Labute approximate surface area is 164 Å². The lowest BCUT2D eigenvalue weighted by Gasteiger charge is -2.23. The van der Waals surface area contributed by atoms with Crippen molar-refractivity contribution >= 4 is 38.8 Å². The van der Waals surface area contributed by atoms with Crippen LogP contribution in [0.15, 0.2) is 48.5 Å². The van der Waals surface area contributed by atoms with Gasteiger partial charge in [0.05, 0.1) is 29.2 Å². The third kappa shape index (κ3) is 3.22. The first-order valence-electron chi connectivity index (χ1n) is 8.32. The molecule has 2 aromatic carbocycles. The fourth-order valence-electron chi connectivity index (χ4n) is 3.77. The summed E-state index contributed by atoms with van der Waals surface area (Å²) in [6.45, 7) is 0. The van der Waals surface area contributed by atoms with E-state index < -0.39 is 39.7 Å². The molecule has 2 amide bonds. The van der Waals surface area contributed by atoms with Crippen LogP contribution in [0.4, 0.5) is 29.3 Å². The topological polar surface area (TPSA) is 57.7 Å². The Kier molecular flexibility index (Phi) is 4.35. The minimum absolute atomic E-state index is 0.0106. The number of halogens is 4. The highest BCUT2D eigenvalue weighted by molar-refractivity contribution is 7.91. The van der Waals surface area contributed by atoms with E-state index in [-0.39, 0.29) is 17.2 Å². The van der Waals surface area contributed by atoms with Crippen LogP contribution in [0, 0.1) is 0 Å². The number of hydrogen-bond donors (Lipinski definition) is 0. The van der Waals surface area contributed by atoms with Crippen LogP contribution < -0.4 is 9.80 Å². The molecule has 10 heteroatoms. The van der Waals surface area contributed by atoms with Crippen LogP contribution in [0.3, 0.4) is 0 Å². The smallest absolute Gasteiger partial charge is 0.288 e. The lowest BCUT2D eigenvalue weighted by molar-refractivity contribution is -0.137. The molecule has 0 radical (unpaired) electrons. The first-order valence-corrected chi connectivity index (χ1v) is 10.5. The summed E-state index contributed by atoms with van der Waals surface area (Å²) in [6, 6.07) is 8.65. The molecule has 0 spiro atoms. The monoisotopic (exact) mass is 430 g/mol. The summed E-state index contributed by atoms with van der Waals surface area (Å²) in [5.41, 5.74) is -0.494. The lowest BCUT2D eigenvalue weighted by atomic mass is 10.1. The molecule has 148 valence electrons. The van der Waals surface area contributed by atoms with E-state index in [2.05, 4.69) is 0 Å². The van der Waals surface area contributed by atoms with Gasteiger partial charge < -0.3 is 0 Å². The number of sulfone groups is 1. The molecular formula is C18H14ClF3N2O3S. The molecule has 2 aliphatic rings. The van der Waals surface area contributed by atoms with Crippen molar-refractivity contribution in [3.05, 3.63) is 59.1 Å². The summed E-state index contributed by atoms with van der Waals surface area (Å²) in [4.78, 5) is 15.6. The zero-order chi connectivity index (χ0) is 20.3. The van der Waals surface area contributed by atoms with Gasteiger partial charge in [-0.25, -0.2) is 13.2 Å². The van der Waals surface area contributed by atoms with Gasteiger partial charge in [0, 0.05) is 16.4 Å². The average molecular weight is 431 g/mol. The van der Waals surface area contributed by atoms with Crippen LogP contribution in [0.2, 0.25) is 5.02 Å². The highest BCUT2D eigenvalue weighted by atomic mass is 35.5. The number of fused-ring (bicyclic) bond motifs is 1. The molecule has 2 atom stereocenters. The van der Waals surface area contributed by atoms with Crippen LogP contribution >= 0.6 is 11.6 Å². The van der Waals surface area contributed by atoms with Crippen LogP contribution in [0.1, 0.15) is 5.56 Å². The Morgan fingerprint density at radius 2 is 1.46 bits per heavy atom. The Morgan fingerprint density at radius 3 is 2.00 bits per heavy atom. The maximum atomic E-state index is 13.1. The van der Waals surface area contributed by atoms with E-state index in [0.717, 1.165) is 17.0 Å². The average Bonchev–Trinajstić information content (AvgIpc) is 3.02. The molecule has 2 aromatic rings. The summed E-state index contributed by atoms with van der Waals surface area (Å²) < 4.78 is 63.8. The fourth-order valence-corrected chi connectivity index (χ4v) is 5.87. The van der Waals surface area contributed by atoms with E-state index in [1.54, 1.807) is 18.2 Å². The van der Waals surface area contributed by atoms with Crippen molar-refractivity contribution in [3.8, 4) is 0 Å². The molecule has 0 N–H and O–H groups in total. The molecule has 2 aliphatic heterocycles. The van der Waals surface area contributed by atoms with Crippen molar-refractivity contribution in [2.24, 2.45) is 0 Å². The zero-order valence-corrected chi connectivity index (χ0v) is 15.8. The molecular weight excluding hydrogens is 417 g/mol. The van der Waals surface area contributed by atoms with Crippen molar-refractivity contribution in [1.82, 2.24) is 0 Å². The van der Waals surface area contributed by atoms with Crippen LogP contribution in [-0.2, 0) is 16.0 Å². The number of rotatable bonds is 2. The number of benzene rings is 2. The molecule has 2 saturated heterocycles. The van der Waals surface area contributed by atoms with Gasteiger partial charge in [0.25, 0.3) is 0 Å². The SMILES string of the molecule is O=C1N(c2cccc(Cl)c2)[C@H]2CS(=O)(=O)C[C@@H]2N1c1cccc(C(F)(F)F)c1. The van der Waals surface area contributed by atoms with Gasteiger partial charge in [0.1, 0.15) is 0 Å². The number of carbonyl (C=O) groups is 1. The number of carbonyl (C=O) groups excluding carboxylic acids is 1. The number of alkyl halides is 3. The second-order valence-corrected chi connectivity index (χ2v) is 9.35. The first kappa shape index (κ1) is 19.1. The van der Waals surface area contributed by atoms with Gasteiger partial charge in [0.15, 0.2) is 9.84 Å². The van der Waals surface area contributed by atoms with E-state index in [4.69, 9.17) is 11.6 Å². The van der Waals surface area contributed by atoms with Gasteiger partial charge in [-0.2, -0.15) is 13.2 Å². The third-order valence-electron chi connectivity index (χ3n) is 4.91. The quantitative estimate of drug-likeness (QED) is 0.677. The van der Waals surface area contributed by atoms with Gasteiger partial charge in [-0.05, 0) is 36.4 Å². The molecule has 0 unspecified atom stereocenters. The van der Waals surface area contributed by atoms with Gasteiger partial charge in [-0.15, -0.1) is 0 Å². The molecule has 5 nitrogen and oxygen atoms in total. The Hall–Kier alpha value is -2.26. The predicted molar refractivity (Wildman–Crippen MR) is 99.5 cm³/mol. The van der Waals surface area contributed by atoms with E-state index in [1.165, 1.54) is 23.1 Å². The van der Waals surface area contributed by atoms with Crippen molar-refractivity contribution in [3.63, 3.8) is 0 Å². The highest BCUT2D eigenvalue weighted by Gasteiger charge is 2.54. The molecule has 0 aliphatic carbocycles. The maximum Gasteiger partial charge on any atom is 0.416 e. The molecule has 2 heterocycles. The summed E-state index contributed by atoms with van der Waals surface area (Å²) in [5.74, 6) is -0.567. The van der Waals surface area contributed by atoms with Gasteiger partial charge in [-0.1, -0.05) is 23.7 Å². The Bertz CT molecular complexity index is 1060. The summed E-state index contributed by atoms with van der Waals surface area (Å²) in [6.07, 6.45) is -4.58. The molecule has 0 saturated carbocycles. The van der Waals surface area contributed by atoms with Crippen LogP contribution in [0.5, 0.6) is 0 Å². The largest absolute Gasteiger partial charge is 0.416 e. The minimum atomic E-state index is -4.58. The van der Waals surface area contributed by atoms with Gasteiger partial charge in [0.2, 0.25) is 0 Å². The number of nitrogens with zero attached hydrogens (tertiary/aromatic N) is 2. The standard InChI is InChI=1S/C18H14ClF3N2O3S/c19-12-4-2-6-14(8-12)24-16-10-28(26,27)9-15(16)23(17(24)25)13-5-1-3-11(7-13)18(20,21)22/h1-8,15-16H,9-10H2/t15-,16-/m0/s1. The minimum Gasteiger partial charge on any atom is -0.288 e. The molecule has 0 aromatic heterocycles. The second-order valence-electron chi connectivity index (χ2n) is 6.76. The molecule has 2 fully saturated rings. The predicted octanol–water partition coefficient (Wildman–Crippen LogP) is 3.97. The van der Waals surface area contributed by atoms with Crippen molar-refractivity contribution in [2.45, 2.75) is 18.3 Å². The van der Waals surface area contributed by atoms with Gasteiger partial charge >= 0.3 is 12.2 Å². The van der Waals surface area contributed by atoms with E-state index in [0.29, 0.717) is 10.7 Å².